The van der Waals surface area contributed by atoms with Gasteiger partial charge in [0.2, 0.25) is 10.0 Å². The molecule has 0 amide bonds. The van der Waals surface area contributed by atoms with Crippen LogP contribution in [0, 0.1) is 6.92 Å². The van der Waals surface area contributed by atoms with Crippen molar-refractivity contribution in [3.05, 3.63) is 64.1 Å². The fourth-order valence-corrected chi connectivity index (χ4v) is 3.25. The third-order valence-corrected chi connectivity index (χ3v) is 4.30. The number of rotatable bonds is 5. The van der Waals surface area contributed by atoms with Crippen molar-refractivity contribution in [2.75, 3.05) is 4.72 Å². The van der Waals surface area contributed by atoms with E-state index in [9.17, 15) is 13.2 Å². The lowest BCUT2D eigenvalue weighted by Gasteiger charge is -2.10. The summed E-state index contributed by atoms with van der Waals surface area (Å²) in [5.74, 6) is -0.0973. The summed E-state index contributed by atoms with van der Waals surface area (Å²) < 4.78 is 28.3. The second-order valence-electron chi connectivity index (χ2n) is 4.89. The summed E-state index contributed by atoms with van der Waals surface area (Å²) in [6.07, 6.45) is 1.51. The van der Waals surface area contributed by atoms with Crippen LogP contribution in [0.5, 0.6) is 0 Å². The lowest BCUT2D eigenvalue weighted by Crippen LogP contribution is -2.20. The summed E-state index contributed by atoms with van der Waals surface area (Å²) >= 11 is 0. The number of hydrogen-bond donors (Lipinski definition) is 1. The first-order valence-corrected chi connectivity index (χ1v) is 8.31. The molecule has 0 bridgehead atoms. The van der Waals surface area contributed by atoms with E-state index in [1.165, 1.54) is 22.9 Å². The summed E-state index contributed by atoms with van der Waals surface area (Å²) in [6.45, 7) is 4.24. The zero-order chi connectivity index (χ0) is 15.5. The minimum atomic E-state index is -3.51. The van der Waals surface area contributed by atoms with Gasteiger partial charge in [-0.3, -0.25) is 9.52 Å². The molecule has 5 nitrogen and oxygen atoms in total. The smallest absolute Gasteiger partial charge is 0.250 e. The minimum Gasteiger partial charge on any atom is -0.314 e. The molecule has 6 heteroatoms. The van der Waals surface area contributed by atoms with Crippen molar-refractivity contribution in [1.82, 2.24) is 4.57 Å². The third kappa shape index (κ3) is 4.19. The zero-order valence-electron chi connectivity index (χ0n) is 12.0. The van der Waals surface area contributed by atoms with Crippen molar-refractivity contribution in [3.8, 4) is 0 Å². The topological polar surface area (TPSA) is 68.2 Å². The Morgan fingerprint density at radius 1 is 1.19 bits per heavy atom. The lowest BCUT2D eigenvalue weighted by atomic mass is 10.2. The monoisotopic (exact) mass is 306 g/mol. The van der Waals surface area contributed by atoms with Crippen LogP contribution in [0.4, 0.5) is 5.69 Å². The zero-order valence-corrected chi connectivity index (χ0v) is 12.9. The average molecular weight is 306 g/mol. The number of sulfonamides is 1. The van der Waals surface area contributed by atoms with Gasteiger partial charge in [-0.15, -0.1) is 0 Å². The fourth-order valence-electron chi connectivity index (χ4n) is 2.08. The first-order valence-electron chi connectivity index (χ1n) is 6.66. The molecule has 0 saturated carbocycles. The van der Waals surface area contributed by atoms with Gasteiger partial charge >= 0.3 is 0 Å². The van der Waals surface area contributed by atoms with Crippen molar-refractivity contribution in [3.63, 3.8) is 0 Å². The van der Waals surface area contributed by atoms with E-state index in [0.29, 0.717) is 12.2 Å². The first-order chi connectivity index (χ1) is 9.89. The van der Waals surface area contributed by atoms with E-state index >= 15 is 0 Å². The highest BCUT2D eigenvalue weighted by Gasteiger charge is 2.12. The first kappa shape index (κ1) is 15.3. The van der Waals surface area contributed by atoms with Gasteiger partial charge in [-0.2, -0.15) is 0 Å². The molecule has 1 aromatic carbocycles. The highest BCUT2D eigenvalue weighted by Crippen LogP contribution is 2.12. The summed E-state index contributed by atoms with van der Waals surface area (Å²) in [5, 5.41) is 0. The predicted molar refractivity (Wildman–Crippen MR) is 83.8 cm³/mol. The molecule has 0 unspecified atom stereocenters. The van der Waals surface area contributed by atoms with Crippen LogP contribution >= 0.6 is 0 Å². The van der Waals surface area contributed by atoms with Gasteiger partial charge in [0, 0.05) is 18.8 Å². The summed E-state index contributed by atoms with van der Waals surface area (Å²) in [7, 11) is -3.51. The number of nitrogens with zero attached hydrogens (tertiary/aromatic N) is 1. The molecule has 0 fully saturated rings. The van der Waals surface area contributed by atoms with Crippen molar-refractivity contribution < 1.29 is 8.42 Å². The molecule has 1 aromatic heterocycles. The van der Waals surface area contributed by atoms with Crippen LogP contribution in [0.25, 0.3) is 0 Å². The molecule has 0 atom stereocenters. The third-order valence-electron chi connectivity index (χ3n) is 3.04. The number of nitrogens with one attached hydrogen (secondary N) is 1. The van der Waals surface area contributed by atoms with Crippen molar-refractivity contribution in [2.45, 2.75) is 26.1 Å². The number of pyridine rings is 1. The molecule has 2 rings (SSSR count). The highest BCUT2D eigenvalue weighted by atomic mass is 32.2. The molecule has 112 valence electrons. The number of hydrogen-bond acceptors (Lipinski definition) is 3. The molecule has 0 radical (unpaired) electrons. The Labute approximate surface area is 124 Å². The molecule has 1 N–H and O–H groups in total. The number of benzene rings is 1. The Kier molecular flexibility index (Phi) is 4.47. The second-order valence-corrected chi connectivity index (χ2v) is 6.61. The standard InChI is InChI=1S/C15H18N2O3S/c1-3-17-10-14(7-8-15(17)18)16-21(19,20)11-13-6-4-5-12(2)9-13/h4-10,16H,3,11H2,1-2H3. The van der Waals surface area contributed by atoms with E-state index in [1.807, 2.05) is 32.0 Å². The average Bonchev–Trinajstić information content (AvgIpc) is 2.40. The largest absolute Gasteiger partial charge is 0.314 e. The van der Waals surface area contributed by atoms with E-state index in [-0.39, 0.29) is 11.3 Å². The van der Waals surface area contributed by atoms with Crippen LogP contribution in [0.15, 0.2) is 47.4 Å². The van der Waals surface area contributed by atoms with Crippen LogP contribution < -0.4 is 10.3 Å². The Morgan fingerprint density at radius 3 is 2.62 bits per heavy atom. The number of aryl methyl sites for hydroxylation is 2. The maximum atomic E-state index is 12.2. The molecule has 2 aromatic rings. The Bertz CT molecular complexity index is 795. The number of anilines is 1. The van der Waals surface area contributed by atoms with Crippen molar-refractivity contribution in [1.29, 1.82) is 0 Å². The second kappa shape index (κ2) is 6.13. The van der Waals surface area contributed by atoms with E-state index in [4.69, 9.17) is 0 Å². The maximum Gasteiger partial charge on any atom is 0.250 e. The van der Waals surface area contributed by atoms with Gasteiger partial charge in [0.1, 0.15) is 0 Å². The van der Waals surface area contributed by atoms with E-state index in [0.717, 1.165) is 11.1 Å². The summed E-state index contributed by atoms with van der Waals surface area (Å²) in [4.78, 5) is 11.5. The normalized spacial score (nSPS) is 11.3. The lowest BCUT2D eigenvalue weighted by molar-refractivity contribution is 0.600. The van der Waals surface area contributed by atoms with Crippen molar-refractivity contribution >= 4 is 15.7 Å². The minimum absolute atomic E-state index is 0.0973. The van der Waals surface area contributed by atoms with Crippen LogP contribution in [0.2, 0.25) is 0 Å². The van der Waals surface area contributed by atoms with Gasteiger partial charge < -0.3 is 4.57 Å². The molecule has 1 heterocycles. The van der Waals surface area contributed by atoms with Gasteiger partial charge in [-0.1, -0.05) is 29.8 Å². The summed E-state index contributed by atoms with van der Waals surface area (Å²) in [6, 6.07) is 10.2. The van der Waals surface area contributed by atoms with E-state index in [1.54, 1.807) is 6.07 Å². The molecule has 0 spiro atoms. The molecular weight excluding hydrogens is 288 g/mol. The molecule has 21 heavy (non-hydrogen) atoms. The van der Waals surface area contributed by atoms with Gasteiger partial charge in [-0.05, 0) is 25.5 Å². The molecule has 0 aliphatic carbocycles. The van der Waals surface area contributed by atoms with E-state index in [2.05, 4.69) is 4.72 Å². The quantitative estimate of drug-likeness (QED) is 0.920. The summed E-state index contributed by atoms with van der Waals surface area (Å²) in [5.41, 5.74) is 1.98. The van der Waals surface area contributed by atoms with Crippen LogP contribution in [0.3, 0.4) is 0 Å². The van der Waals surface area contributed by atoms with Gasteiger partial charge in [0.15, 0.2) is 0 Å². The van der Waals surface area contributed by atoms with Gasteiger partial charge in [0.05, 0.1) is 11.4 Å². The van der Waals surface area contributed by atoms with Gasteiger partial charge in [-0.25, -0.2) is 8.42 Å². The fraction of sp³-hybridized carbons (Fsp3) is 0.267. The maximum absolute atomic E-state index is 12.2. The Hall–Kier alpha value is -2.08. The molecular formula is C15H18N2O3S. The predicted octanol–water partition coefficient (Wildman–Crippen LogP) is 2.12. The number of aromatic nitrogens is 1. The van der Waals surface area contributed by atoms with Gasteiger partial charge in [0.25, 0.3) is 5.56 Å². The Morgan fingerprint density at radius 2 is 1.95 bits per heavy atom. The molecule has 0 aliphatic heterocycles. The van der Waals surface area contributed by atoms with Crippen LogP contribution in [-0.2, 0) is 22.3 Å². The molecule has 0 aliphatic rings. The van der Waals surface area contributed by atoms with Crippen LogP contribution in [0.1, 0.15) is 18.1 Å². The SMILES string of the molecule is CCn1cc(NS(=O)(=O)Cc2cccc(C)c2)ccc1=O. The molecule has 0 saturated heterocycles. The highest BCUT2D eigenvalue weighted by molar-refractivity contribution is 7.91. The van der Waals surface area contributed by atoms with E-state index < -0.39 is 10.0 Å². The Balaban J connectivity index is 2.19. The van der Waals surface area contributed by atoms with Crippen LogP contribution in [-0.4, -0.2) is 13.0 Å². The van der Waals surface area contributed by atoms with Crippen molar-refractivity contribution in [2.24, 2.45) is 0 Å².